The molecule has 2 fully saturated rings. The molecule has 0 spiro atoms. The third kappa shape index (κ3) is 9.96. The highest BCUT2D eigenvalue weighted by Crippen LogP contribution is 2.44. The zero-order chi connectivity index (χ0) is 47.0. The van der Waals surface area contributed by atoms with Crippen molar-refractivity contribution in [2.45, 2.75) is 53.0 Å². The van der Waals surface area contributed by atoms with Crippen LogP contribution in [-0.4, -0.2) is 78.6 Å². The van der Waals surface area contributed by atoms with Crippen LogP contribution in [0.1, 0.15) is 58.9 Å². The molecule has 2 N–H and O–H groups in total. The summed E-state index contributed by atoms with van der Waals surface area (Å²) in [4.78, 5) is 60.4. The van der Waals surface area contributed by atoms with Gasteiger partial charge in [0.25, 0.3) is 11.8 Å². The highest BCUT2D eigenvalue weighted by atomic mass is 32.2. The van der Waals surface area contributed by atoms with E-state index in [2.05, 4.69) is 61.5 Å². The molecule has 2 amide bonds. The Morgan fingerprint density at radius 3 is 2.01 bits per heavy atom. The molecular formula is C52H45N7O6S4. The van der Waals surface area contributed by atoms with Gasteiger partial charge in [-0.2, -0.15) is 4.37 Å². The molecule has 2 saturated heterocycles. The van der Waals surface area contributed by atoms with Gasteiger partial charge in [-0.25, -0.2) is 14.8 Å². The Morgan fingerprint density at radius 2 is 1.45 bits per heavy atom. The number of fused-ring (bicyclic) bond motifs is 1. The number of oxime groups is 1. The van der Waals surface area contributed by atoms with Crippen molar-refractivity contribution in [2.24, 2.45) is 5.16 Å². The molecule has 69 heavy (non-hydrogen) atoms. The van der Waals surface area contributed by atoms with E-state index in [1.165, 1.54) is 57.6 Å². The lowest BCUT2D eigenvalue weighted by molar-refractivity contribution is -0.162. The van der Waals surface area contributed by atoms with E-state index in [0.29, 0.717) is 35.2 Å². The lowest BCUT2D eigenvalue weighted by Gasteiger charge is -2.49. The third-order valence-corrected chi connectivity index (χ3v) is 15.9. The lowest BCUT2D eigenvalue weighted by atomic mass is 9.77. The molecule has 3 aliphatic rings. The number of β-lactam (4-membered cyclic amide) rings is 1. The van der Waals surface area contributed by atoms with Crippen LogP contribution >= 0.6 is 46.4 Å². The van der Waals surface area contributed by atoms with E-state index < -0.39 is 47.1 Å². The van der Waals surface area contributed by atoms with Crippen LogP contribution in [0.25, 0.3) is 0 Å². The molecule has 348 valence electrons. The molecule has 10 rings (SSSR count). The van der Waals surface area contributed by atoms with Crippen LogP contribution in [0.5, 0.6) is 0 Å². The zero-order valence-electron chi connectivity index (χ0n) is 37.0. The summed E-state index contributed by atoms with van der Waals surface area (Å²) in [5.74, 6) is -1.00. The van der Waals surface area contributed by atoms with Crippen LogP contribution in [0.15, 0.2) is 184 Å². The number of benzene rings is 5. The molecule has 5 aromatic carbocycles. The van der Waals surface area contributed by atoms with Crippen LogP contribution in [0, 0.1) is 0 Å². The number of rotatable bonds is 17. The van der Waals surface area contributed by atoms with Crippen molar-refractivity contribution in [2.75, 3.05) is 23.4 Å². The lowest BCUT2D eigenvalue weighted by Crippen LogP contribution is -2.71. The van der Waals surface area contributed by atoms with E-state index in [4.69, 9.17) is 19.3 Å². The number of carbonyl (C=O) groups excluding carboxylic acids is 3. The number of nitrogens with one attached hydrogen (secondary N) is 2. The van der Waals surface area contributed by atoms with Gasteiger partial charge in [-0.3, -0.25) is 14.5 Å². The van der Waals surface area contributed by atoms with Crippen LogP contribution in [-0.2, 0) is 34.2 Å². The first-order chi connectivity index (χ1) is 34.0. The molecule has 0 aliphatic carbocycles. The van der Waals surface area contributed by atoms with Crippen molar-refractivity contribution in [1.29, 1.82) is 0 Å². The third-order valence-electron chi connectivity index (χ3n) is 11.9. The Bertz CT molecular complexity index is 2790. The highest BCUT2D eigenvalue weighted by molar-refractivity contribution is 8.01. The predicted octanol–water partition coefficient (Wildman–Crippen LogP) is 9.43. The van der Waals surface area contributed by atoms with Crippen LogP contribution < -0.4 is 10.6 Å². The number of nitrogens with zero attached hydrogens (tertiary/aromatic N) is 5. The van der Waals surface area contributed by atoms with Gasteiger partial charge in [0.1, 0.15) is 34.7 Å². The number of anilines is 1. The van der Waals surface area contributed by atoms with Gasteiger partial charge in [0, 0.05) is 23.3 Å². The summed E-state index contributed by atoms with van der Waals surface area (Å²) in [7, 11) is 0. The number of amides is 2. The summed E-state index contributed by atoms with van der Waals surface area (Å²) in [6, 6.07) is 48.4. The summed E-state index contributed by atoms with van der Waals surface area (Å²) in [6.07, 6.45) is 2.47. The molecule has 0 saturated carbocycles. The average molecular weight is 992 g/mol. The minimum Gasteiger partial charge on any atom is -0.448 e. The van der Waals surface area contributed by atoms with Crippen molar-refractivity contribution < 1.29 is 28.7 Å². The molecule has 3 atom stereocenters. The summed E-state index contributed by atoms with van der Waals surface area (Å²) < 4.78 is 17.0. The molecule has 0 bridgehead atoms. The van der Waals surface area contributed by atoms with Gasteiger partial charge in [-0.15, -0.1) is 23.1 Å². The number of hydrogen-bond acceptors (Lipinski definition) is 15. The van der Waals surface area contributed by atoms with Gasteiger partial charge in [0.05, 0.1) is 6.61 Å². The quantitative estimate of drug-likeness (QED) is 0.0223. The van der Waals surface area contributed by atoms with Gasteiger partial charge in [-0.1, -0.05) is 169 Å². The maximum absolute atomic E-state index is 14.7. The topological polar surface area (TPSA) is 157 Å². The van der Waals surface area contributed by atoms with Gasteiger partial charge in [0.15, 0.2) is 21.3 Å². The normalized spacial score (nSPS) is 18.3. The Kier molecular flexibility index (Phi) is 14.3. The van der Waals surface area contributed by atoms with Crippen molar-refractivity contribution in [3.8, 4) is 0 Å². The molecular weight excluding hydrogens is 947 g/mol. The fourth-order valence-electron chi connectivity index (χ4n) is 8.61. The molecule has 0 radical (unpaired) electrons. The molecule has 2 unspecified atom stereocenters. The van der Waals surface area contributed by atoms with E-state index in [-0.39, 0.29) is 17.1 Å². The van der Waals surface area contributed by atoms with Crippen molar-refractivity contribution in [3.05, 3.63) is 208 Å². The van der Waals surface area contributed by atoms with Crippen molar-refractivity contribution in [3.63, 3.8) is 0 Å². The number of esters is 1. The number of thiazole rings is 1. The average Bonchev–Trinajstić information content (AvgIpc) is 4.12. The smallest absolute Gasteiger partial charge is 0.356 e. The molecule has 5 heterocycles. The number of aromatic nitrogens is 3. The van der Waals surface area contributed by atoms with Gasteiger partial charge in [-0.05, 0) is 57.8 Å². The second kappa shape index (κ2) is 21.3. The molecule has 2 aromatic heterocycles. The standard InChI is InChI=1S/C52H45N7O6S4/c60-46(56-43-47(61)59-44(36(30-66-48(43)59)31-68-51-53-33-54-69-51)49(62)64-45(34-18-6-1-7-19-34)35-20-8-2-9-21-35)42(58-65-41-28-16-17-29-63-41)40-32-67-50(55-40)57-52(37-22-10-3-11-23-37,38-24-12-4-13-25-38)39-26-14-5-15-27-39/h1-15,18-27,32-33,41,43,45,48H,16-17,28-31H2,(H,55,57)(H,56,60)/t41?,43?,48-/m1/s1. The van der Waals surface area contributed by atoms with Gasteiger partial charge in [0.2, 0.25) is 6.29 Å². The number of thioether (sulfide) groups is 2. The van der Waals surface area contributed by atoms with Crippen LogP contribution in [0.3, 0.4) is 0 Å². The summed E-state index contributed by atoms with van der Waals surface area (Å²) in [6.45, 7) is 0.509. The zero-order valence-corrected chi connectivity index (χ0v) is 40.2. The second-order valence-corrected chi connectivity index (χ2v) is 20.2. The maximum Gasteiger partial charge on any atom is 0.356 e. The molecule has 17 heteroatoms. The summed E-state index contributed by atoms with van der Waals surface area (Å²) >= 11 is 5.46. The van der Waals surface area contributed by atoms with Gasteiger partial charge < -0.3 is 24.9 Å². The van der Waals surface area contributed by atoms with Crippen LogP contribution in [0.2, 0.25) is 0 Å². The number of hydrogen-bond donors (Lipinski definition) is 2. The second-order valence-electron chi connectivity index (χ2n) is 16.3. The Labute approximate surface area is 415 Å². The maximum atomic E-state index is 14.7. The summed E-state index contributed by atoms with van der Waals surface area (Å²) in [5.41, 5.74) is 4.62. The minimum absolute atomic E-state index is 0.122. The Morgan fingerprint density at radius 1 is 0.841 bits per heavy atom. The number of carbonyl (C=O) groups is 3. The SMILES string of the molecule is O=C(NC1C(=O)N2C(C(=O)OC(c3ccccc3)c3ccccc3)=C(CSc3ncns3)CS[C@H]12)C(=NOC1CCCCO1)c1csc(NC(c2ccccc2)(c2ccccc2)c2ccccc2)n1. The largest absolute Gasteiger partial charge is 0.448 e. The van der Waals surface area contributed by atoms with Crippen molar-refractivity contribution in [1.82, 2.24) is 24.6 Å². The minimum atomic E-state index is -1.00. The van der Waals surface area contributed by atoms with Crippen molar-refractivity contribution >= 4 is 75.0 Å². The van der Waals surface area contributed by atoms with E-state index in [9.17, 15) is 14.4 Å². The number of ether oxygens (including phenoxy) is 2. The monoisotopic (exact) mass is 991 g/mol. The fraction of sp³-hybridized carbons (Fsp3) is 0.212. The fourth-order valence-corrected chi connectivity index (χ4v) is 12.3. The van der Waals surface area contributed by atoms with E-state index >= 15 is 0 Å². The van der Waals surface area contributed by atoms with E-state index in [1.54, 1.807) is 5.38 Å². The molecule has 3 aliphatic heterocycles. The first kappa shape index (κ1) is 46.1. The predicted molar refractivity (Wildman–Crippen MR) is 270 cm³/mol. The van der Waals surface area contributed by atoms with E-state index in [0.717, 1.165) is 45.0 Å². The molecule has 7 aromatic rings. The highest BCUT2D eigenvalue weighted by Gasteiger charge is 2.55. The first-order valence-corrected chi connectivity index (χ1v) is 26.1. The van der Waals surface area contributed by atoms with E-state index in [1.807, 2.05) is 115 Å². The Balaban J connectivity index is 0.945. The summed E-state index contributed by atoms with van der Waals surface area (Å²) in [5, 5.41) is 12.8. The van der Waals surface area contributed by atoms with Gasteiger partial charge >= 0.3 is 5.97 Å². The first-order valence-electron chi connectivity index (χ1n) is 22.4. The van der Waals surface area contributed by atoms with Crippen LogP contribution in [0.4, 0.5) is 5.13 Å². The Hall–Kier alpha value is -6.63. The molecule has 13 nitrogen and oxygen atoms in total.